The van der Waals surface area contributed by atoms with Crippen molar-refractivity contribution in [3.05, 3.63) is 35.2 Å². The molecule has 1 aromatic carbocycles. The van der Waals surface area contributed by atoms with Gasteiger partial charge in [0.15, 0.2) is 0 Å². The molecule has 2 N–H and O–H groups in total. The fourth-order valence-corrected chi connectivity index (χ4v) is 2.64. The second kappa shape index (κ2) is 9.94. The minimum atomic E-state index is -0.00698. The molecule has 1 saturated heterocycles. The summed E-state index contributed by atoms with van der Waals surface area (Å²) >= 11 is 5.87. The number of rotatable bonds is 4. The van der Waals surface area contributed by atoms with E-state index in [1.165, 1.54) is 0 Å². The van der Waals surface area contributed by atoms with E-state index >= 15 is 0 Å². The van der Waals surface area contributed by atoms with Gasteiger partial charge in [0.1, 0.15) is 0 Å². The summed E-state index contributed by atoms with van der Waals surface area (Å²) in [6.45, 7) is 3.52. The fourth-order valence-electron chi connectivity index (χ4n) is 2.51. The van der Waals surface area contributed by atoms with E-state index in [1.54, 1.807) is 17.0 Å². The number of piperazine rings is 1. The molecule has 10 heteroatoms. The molecule has 25 heavy (non-hydrogen) atoms. The van der Waals surface area contributed by atoms with Crippen molar-refractivity contribution < 1.29 is 9.32 Å². The lowest BCUT2D eigenvalue weighted by Gasteiger charge is -2.33. The highest BCUT2D eigenvalue weighted by atomic mass is 35.5. The van der Waals surface area contributed by atoms with E-state index in [9.17, 15) is 4.79 Å². The van der Waals surface area contributed by atoms with Crippen LogP contribution in [0, 0.1) is 0 Å². The molecule has 0 radical (unpaired) electrons. The van der Waals surface area contributed by atoms with Crippen LogP contribution in [0.2, 0.25) is 5.02 Å². The number of hydrogen-bond acceptors (Lipinski definition) is 6. The predicted molar refractivity (Wildman–Crippen MR) is 100 cm³/mol. The molecule has 0 aliphatic carbocycles. The fraction of sp³-hybridized carbons (Fsp3) is 0.400. The van der Waals surface area contributed by atoms with Gasteiger partial charge in [-0.1, -0.05) is 16.8 Å². The van der Waals surface area contributed by atoms with Crippen LogP contribution in [0.25, 0.3) is 11.4 Å². The first-order valence-electron chi connectivity index (χ1n) is 7.44. The molecule has 0 spiro atoms. The zero-order valence-electron chi connectivity index (χ0n) is 13.4. The summed E-state index contributed by atoms with van der Waals surface area (Å²) in [6.07, 6.45) is 0. The zero-order chi connectivity index (χ0) is 16.2. The van der Waals surface area contributed by atoms with Gasteiger partial charge in [-0.15, -0.1) is 24.8 Å². The van der Waals surface area contributed by atoms with Crippen LogP contribution in [-0.4, -0.2) is 58.6 Å². The van der Waals surface area contributed by atoms with Crippen molar-refractivity contribution in [2.75, 3.05) is 32.7 Å². The molecule has 0 saturated carbocycles. The van der Waals surface area contributed by atoms with Crippen LogP contribution in [0.1, 0.15) is 5.89 Å². The predicted octanol–water partition coefficient (Wildman–Crippen LogP) is 1.84. The molecule has 3 rings (SSSR count). The van der Waals surface area contributed by atoms with Gasteiger partial charge in [-0.2, -0.15) is 4.98 Å². The number of carbonyl (C=O) groups excluding carboxylic acids is 1. The van der Waals surface area contributed by atoms with E-state index in [4.69, 9.17) is 21.9 Å². The van der Waals surface area contributed by atoms with Gasteiger partial charge in [-0.05, 0) is 24.3 Å². The maximum Gasteiger partial charge on any atom is 0.241 e. The van der Waals surface area contributed by atoms with Crippen molar-refractivity contribution in [2.24, 2.45) is 5.73 Å². The second-order valence-electron chi connectivity index (χ2n) is 5.38. The zero-order valence-corrected chi connectivity index (χ0v) is 15.8. The van der Waals surface area contributed by atoms with Gasteiger partial charge in [0.05, 0.1) is 13.1 Å². The van der Waals surface area contributed by atoms with E-state index < -0.39 is 0 Å². The van der Waals surface area contributed by atoms with E-state index in [0.717, 1.165) is 18.7 Å². The maximum atomic E-state index is 11.5. The molecule has 1 aliphatic rings. The van der Waals surface area contributed by atoms with Crippen LogP contribution in [0.4, 0.5) is 0 Å². The van der Waals surface area contributed by atoms with Crippen LogP contribution in [0.3, 0.4) is 0 Å². The quantitative estimate of drug-likeness (QED) is 0.830. The van der Waals surface area contributed by atoms with Gasteiger partial charge in [0.2, 0.25) is 17.6 Å². The normalized spacial score (nSPS) is 14.6. The minimum Gasteiger partial charge on any atom is -0.339 e. The van der Waals surface area contributed by atoms with Crippen LogP contribution in [0.15, 0.2) is 28.8 Å². The highest BCUT2D eigenvalue weighted by Gasteiger charge is 2.21. The lowest BCUT2D eigenvalue weighted by molar-refractivity contribution is -0.131. The average Bonchev–Trinajstić information content (AvgIpc) is 3.04. The molecule has 138 valence electrons. The number of halogens is 3. The largest absolute Gasteiger partial charge is 0.339 e. The molecule has 1 aliphatic heterocycles. The van der Waals surface area contributed by atoms with Crippen molar-refractivity contribution in [3.8, 4) is 11.4 Å². The molecule has 0 bridgehead atoms. The van der Waals surface area contributed by atoms with Gasteiger partial charge in [-0.25, -0.2) is 0 Å². The SMILES string of the molecule is Cl.Cl.NCC(=O)N1CCN(Cc2nc(-c3ccc(Cl)cc3)no2)CC1. The molecule has 1 fully saturated rings. The van der Waals surface area contributed by atoms with Crippen molar-refractivity contribution >= 4 is 42.3 Å². The van der Waals surface area contributed by atoms with Crippen LogP contribution < -0.4 is 5.73 Å². The summed E-state index contributed by atoms with van der Waals surface area (Å²) in [5.74, 6) is 1.11. The highest BCUT2D eigenvalue weighted by Crippen LogP contribution is 2.19. The molecule has 2 aromatic rings. The van der Waals surface area contributed by atoms with Gasteiger partial charge in [0.25, 0.3) is 0 Å². The number of benzene rings is 1. The van der Waals surface area contributed by atoms with Gasteiger partial charge in [0, 0.05) is 36.8 Å². The topological polar surface area (TPSA) is 88.5 Å². The van der Waals surface area contributed by atoms with Crippen molar-refractivity contribution in [1.29, 1.82) is 0 Å². The Labute approximate surface area is 163 Å². The Morgan fingerprint density at radius 1 is 1.16 bits per heavy atom. The Bertz CT molecular complexity index is 672. The summed E-state index contributed by atoms with van der Waals surface area (Å²) in [5.41, 5.74) is 6.25. The lowest BCUT2D eigenvalue weighted by atomic mass is 10.2. The Balaban J connectivity index is 0.00000156. The molecule has 0 atom stereocenters. The molecular formula is C15H20Cl3N5O2. The van der Waals surface area contributed by atoms with Crippen LogP contribution in [-0.2, 0) is 11.3 Å². The van der Waals surface area contributed by atoms with Crippen LogP contribution >= 0.6 is 36.4 Å². The molecule has 0 unspecified atom stereocenters. The first-order chi connectivity index (χ1) is 11.2. The van der Waals surface area contributed by atoms with Gasteiger partial charge >= 0.3 is 0 Å². The molecule has 1 aromatic heterocycles. The van der Waals surface area contributed by atoms with E-state index in [-0.39, 0.29) is 37.3 Å². The van der Waals surface area contributed by atoms with Crippen molar-refractivity contribution in [1.82, 2.24) is 19.9 Å². The van der Waals surface area contributed by atoms with Crippen molar-refractivity contribution in [2.45, 2.75) is 6.54 Å². The first-order valence-corrected chi connectivity index (χ1v) is 7.82. The van der Waals surface area contributed by atoms with E-state index in [2.05, 4.69) is 15.0 Å². The number of nitrogens with two attached hydrogens (primary N) is 1. The summed E-state index contributed by atoms with van der Waals surface area (Å²) in [4.78, 5) is 19.9. The summed E-state index contributed by atoms with van der Waals surface area (Å²) in [6, 6.07) is 7.30. The molecule has 2 heterocycles. The standard InChI is InChI=1S/C15H18ClN5O2.2ClH/c16-12-3-1-11(2-4-12)15-18-13(23-19-15)10-20-5-7-21(8-6-20)14(22)9-17;;/h1-4H,5-10,17H2;2*1H. The third kappa shape index (κ3) is 5.55. The smallest absolute Gasteiger partial charge is 0.241 e. The Morgan fingerprint density at radius 2 is 1.80 bits per heavy atom. The van der Waals surface area contributed by atoms with E-state index in [0.29, 0.717) is 36.4 Å². The van der Waals surface area contributed by atoms with E-state index in [1.807, 2.05) is 12.1 Å². The molecular weight excluding hydrogens is 389 g/mol. The summed E-state index contributed by atoms with van der Waals surface area (Å²) in [7, 11) is 0. The maximum absolute atomic E-state index is 11.5. The summed E-state index contributed by atoms with van der Waals surface area (Å²) in [5, 5.41) is 4.67. The Morgan fingerprint density at radius 3 is 2.40 bits per heavy atom. The summed E-state index contributed by atoms with van der Waals surface area (Å²) < 4.78 is 5.31. The number of amides is 1. The Hall–Kier alpha value is -1.38. The highest BCUT2D eigenvalue weighted by molar-refractivity contribution is 6.30. The van der Waals surface area contributed by atoms with Crippen LogP contribution in [0.5, 0.6) is 0 Å². The van der Waals surface area contributed by atoms with Gasteiger partial charge < -0.3 is 15.2 Å². The minimum absolute atomic E-state index is 0. The number of aromatic nitrogens is 2. The molecule has 1 amide bonds. The Kier molecular flexibility index (Phi) is 8.61. The second-order valence-corrected chi connectivity index (χ2v) is 5.82. The third-order valence-electron chi connectivity index (χ3n) is 3.83. The van der Waals surface area contributed by atoms with Crippen molar-refractivity contribution in [3.63, 3.8) is 0 Å². The molecule has 7 nitrogen and oxygen atoms in total. The van der Waals surface area contributed by atoms with Gasteiger partial charge in [-0.3, -0.25) is 9.69 Å². The number of carbonyl (C=O) groups is 1. The number of nitrogens with zero attached hydrogens (tertiary/aromatic N) is 4. The lowest BCUT2D eigenvalue weighted by Crippen LogP contribution is -2.49. The number of hydrogen-bond donors (Lipinski definition) is 1. The first kappa shape index (κ1) is 21.7. The average molecular weight is 409 g/mol. The third-order valence-corrected chi connectivity index (χ3v) is 4.08. The monoisotopic (exact) mass is 407 g/mol.